The van der Waals surface area contributed by atoms with E-state index in [0.29, 0.717) is 5.56 Å². The smallest absolute Gasteiger partial charge is 0.304 e. The second kappa shape index (κ2) is 7.46. The molecule has 0 bridgehead atoms. The van der Waals surface area contributed by atoms with Gasteiger partial charge < -0.3 is 10.2 Å². The molecule has 1 aromatic carbocycles. The van der Waals surface area contributed by atoms with Gasteiger partial charge in [-0.05, 0) is 31.8 Å². The summed E-state index contributed by atoms with van der Waals surface area (Å²) in [6, 6.07) is 6.90. The number of sulfone groups is 1. The second-order valence-electron chi connectivity index (χ2n) is 5.72. The van der Waals surface area contributed by atoms with Crippen molar-refractivity contribution in [1.29, 1.82) is 0 Å². The topological polar surface area (TPSA) is 92.6 Å². The van der Waals surface area contributed by atoms with Crippen molar-refractivity contribution in [3.05, 3.63) is 51.8 Å². The molecule has 7 nitrogen and oxygen atoms in total. The third-order valence-corrected chi connectivity index (χ3v) is 6.45. The molecule has 2 aromatic rings. The summed E-state index contributed by atoms with van der Waals surface area (Å²) in [5.74, 6) is -0.370. The van der Waals surface area contributed by atoms with Crippen LogP contribution in [0.2, 0.25) is 0 Å². The number of benzene rings is 1. The van der Waals surface area contributed by atoms with Gasteiger partial charge in [0.05, 0.1) is 11.0 Å². The van der Waals surface area contributed by atoms with E-state index in [1.165, 1.54) is 12.1 Å². The first-order valence-electron chi connectivity index (χ1n) is 7.23. The number of anilines is 1. The summed E-state index contributed by atoms with van der Waals surface area (Å²) in [7, 11) is 0.0785. The average Bonchev–Trinajstić information content (AvgIpc) is 2.92. The Morgan fingerprint density at radius 1 is 1.36 bits per heavy atom. The zero-order valence-electron chi connectivity index (χ0n) is 13.9. The Morgan fingerprint density at radius 3 is 2.56 bits per heavy atom. The summed E-state index contributed by atoms with van der Waals surface area (Å²) in [4.78, 5) is 12.4. The van der Waals surface area contributed by atoms with E-state index >= 15 is 0 Å². The third-order valence-electron chi connectivity index (χ3n) is 3.56. The fourth-order valence-corrected chi connectivity index (χ4v) is 4.25. The lowest BCUT2D eigenvalue weighted by atomic mass is 10.1. The van der Waals surface area contributed by atoms with Crippen LogP contribution in [0.1, 0.15) is 11.6 Å². The molecule has 0 fully saturated rings. The molecule has 1 atom stereocenters. The minimum absolute atomic E-state index is 0.0751. The van der Waals surface area contributed by atoms with Gasteiger partial charge in [-0.1, -0.05) is 23.5 Å². The van der Waals surface area contributed by atoms with Crippen molar-refractivity contribution < 1.29 is 17.7 Å². The molecule has 1 aromatic heterocycles. The van der Waals surface area contributed by atoms with Crippen molar-refractivity contribution >= 4 is 31.9 Å². The van der Waals surface area contributed by atoms with Gasteiger partial charge in [0.1, 0.15) is 10.0 Å². The van der Waals surface area contributed by atoms with E-state index in [0.717, 1.165) is 23.7 Å². The zero-order chi connectivity index (χ0) is 18.8. The molecular weight excluding hydrogens is 369 g/mol. The first-order chi connectivity index (χ1) is 11.6. The van der Waals surface area contributed by atoms with Crippen molar-refractivity contribution in [3.8, 4) is 0 Å². The van der Waals surface area contributed by atoms with Gasteiger partial charge in [-0.3, -0.25) is 10.1 Å². The van der Waals surface area contributed by atoms with Crippen LogP contribution in [0, 0.1) is 15.9 Å². The maximum absolute atomic E-state index is 13.5. The zero-order valence-corrected chi connectivity index (χ0v) is 15.5. The minimum Gasteiger partial charge on any atom is -0.369 e. The maximum atomic E-state index is 13.5. The van der Waals surface area contributed by atoms with E-state index in [-0.39, 0.29) is 33.3 Å². The quantitative estimate of drug-likeness (QED) is 0.580. The SMILES string of the molecule is CN(C)C(CNc1sc(S(C)(=O)=O)cc1[N+](=O)[O-])c1cccc(F)c1. The standard InChI is InChI=1S/C15H18FN3O4S2/c1-18(2)13(10-5-4-6-11(16)7-10)9-17-15-12(19(20)21)8-14(24-15)25(3,22)23/h4-8,13,17H,9H2,1-3H3. The van der Waals surface area contributed by atoms with E-state index < -0.39 is 14.8 Å². The van der Waals surface area contributed by atoms with E-state index in [4.69, 9.17) is 0 Å². The van der Waals surface area contributed by atoms with Gasteiger partial charge in [0.15, 0.2) is 14.8 Å². The van der Waals surface area contributed by atoms with Gasteiger partial charge in [0.25, 0.3) is 0 Å². The van der Waals surface area contributed by atoms with Crippen molar-refractivity contribution in [1.82, 2.24) is 4.90 Å². The molecule has 1 heterocycles. The van der Waals surface area contributed by atoms with Crippen LogP contribution >= 0.6 is 11.3 Å². The van der Waals surface area contributed by atoms with Crippen LogP contribution < -0.4 is 5.32 Å². The second-order valence-corrected chi connectivity index (χ2v) is 9.02. The summed E-state index contributed by atoms with van der Waals surface area (Å²) in [5, 5.41) is 14.3. The molecule has 0 aliphatic heterocycles. The number of halogens is 1. The van der Waals surface area contributed by atoms with Gasteiger partial charge in [0, 0.05) is 18.9 Å². The Hall–Kier alpha value is -2.04. The lowest BCUT2D eigenvalue weighted by Crippen LogP contribution is -2.26. The number of thiophene rings is 1. The molecule has 0 saturated carbocycles. The molecule has 2 rings (SSSR count). The van der Waals surface area contributed by atoms with Crippen molar-refractivity contribution in [2.45, 2.75) is 10.3 Å². The summed E-state index contributed by atoms with van der Waals surface area (Å²) in [6.45, 7) is 0.251. The van der Waals surface area contributed by atoms with E-state index in [1.54, 1.807) is 12.1 Å². The van der Waals surface area contributed by atoms with E-state index in [1.807, 2.05) is 19.0 Å². The first kappa shape index (κ1) is 19.3. The lowest BCUT2D eigenvalue weighted by molar-refractivity contribution is -0.383. The number of hydrogen-bond acceptors (Lipinski definition) is 7. The minimum atomic E-state index is -3.54. The largest absolute Gasteiger partial charge is 0.369 e. The Kier molecular flexibility index (Phi) is 5.76. The van der Waals surface area contributed by atoms with E-state index in [9.17, 15) is 22.9 Å². The molecule has 25 heavy (non-hydrogen) atoms. The Bertz CT molecular complexity index is 881. The summed E-state index contributed by atoms with van der Waals surface area (Å²) in [6.07, 6.45) is 1.00. The van der Waals surface area contributed by atoms with Gasteiger partial charge in [-0.25, -0.2) is 12.8 Å². The summed E-state index contributed by atoms with van der Waals surface area (Å²) < 4.78 is 36.7. The van der Waals surface area contributed by atoms with Crippen LogP contribution in [0.25, 0.3) is 0 Å². The van der Waals surface area contributed by atoms with Crippen molar-refractivity contribution in [2.24, 2.45) is 0 Å². The monoisotopic (exact) mass is 387 g/mol. The van der Waals surface area contributed by atoms with Crippen molar-refractivity contribution in [2.75, 3.05) is 32.2 Å². The van der Waals surface area contributed by atoms with E-state index in [2.05, 4.69) is 5.32 Å². The Balaban J connectivity index is 2.29. The molecule has 0 amide bonds. The van der Waals surface area contributed by atoms with Crippen LogP contribution in [0.5, 0.6) is 0 Å². The predicted octanol–water partition coefficient (Wildman–Crippen LogP) is 2.91. The highest BCUT2D eigenvalue weighted by molar-refractivity contribution is 7.92. The highest BCUT2D eigenvalue weighted by atomic mass is 32.2. The number of rotatable bonds is 7. The van der Waals surface area contributed by atoms with Gasteiger partial charge in [-0.2, -0.15) is 0 Å². The number of nitrogens with one attached hydrogen (secondary N) is 1. The highest BCUT2D eigenvalue weighted by Gasteiger charge is 2.25. The fourth-order valence-electron chi connectivity index (χ4n) is 2.31. The molecular formula is C15H18FN3O4S2. The molecule has 10 heteroatoms. The summed E-state index contributed by atoms with van der Waals surface area (Å²) >= 11 is 0.813. The summed E-state index contributed by atoms with van der Waals surface area (Å²) in [5.41, 5.74) is 0.419. The molecule has 1 unspecified atom stereocenters. The van der Waals surface area contributed by atoms with Gasteiger partial charge in [-0.15, -0.1) is 0 Å². The molecule has 0 radical (unpaired) electrons. The first-order valence-corrected chi connectivity index (χ1v) is 9.94. The normalized spacial score (nSPS) is 13.0. The molecule has 1 N–H and O–H groups in total. The Labute approximate surface area is 149 Å². The lowest BCUT2D eigenvalue weighted by Gasteiger charge is -2.25. The molecule has 136 valence electrons. The molecule has 0 aliphatic carbocycles. The number of hydrogen-bond donors (Lipinski definition) is 1. The van der Waals surface area contributed by atoms with Crippen LogP contribution in [0.15, 0.2) is 34.5 Å². The highest BCUT2D eigenvalue weighted by Crippen LogP contribution is 2.37. The average molecular weight is 387 g/mol. The van der Waals surface area contributed by atoms with Gasteiger partial charge in [0.2, 0.25) is 0 Å². The molecule has 0 aliphatic rings. The molecule has 0 saturated heterocycles. The van der Waals surface area contributed by atoms with Crippen LogP contribution in [0.3, 0.4) is 0 Å². The van der Waals surface area contributed by atoms with Crippen LogP contribution in [-0.2, 0) is 9.84 Å². The maximum Gasteiger partial charge on any atom is 0.304 e. The fraction of sp³-hybridized carbons (Fsp3) is 0.333. The van der Waals surface area contributed by atoms with Gasteiger partial charge >= 0.3 is 5.69 Å². The molecule has 0 spiro atoms. The van der Waals surface area contributed by atoms with Crippen molar-refractivity contribution in [3.63, 3.8) is 0 Å². The van der Waals surface area contributed by atoms with Crippen LogP contribution in [-0.4, -0.2) is 45.1 Å². The third kappa shape index (κ3) is 4.74. The Morgan fingerprint density at radius 2 is 2.04 bits per heavy atom. The number of likely N-dealkylation sites (N-methyl/N-ethyl adjacent to an activating group) is 1. The predicted molar refractivity (Wildman–Crippen MR) is 95.4 cm³/mol. The number of nitrogens with zero attached hydrogens (tertiary/aromatic N) is 2. The van der Waals surface area contributed by atoms with Crippen LogP contribution in [0.4, 0.5) is 15.1 Å². The number of nitro groups is 1.